The van der Waals surface area contributed by atoms with E-state index in [1.165, 1.54) is 12.1 Å². The Labute approximate surface area is 179 Å². The first kappa shape index (κ1) is 22.3. The van der Waals surface area contributed by atoms with Crippen LogP contribution in [0.25, 0.3) is 0 Å². The van der Waals surface area contributed by atoms with Gasteiger partial charge in [0.25, 0.3) is 0 Å². The molecule has 1 aromatic heterocycles. The number of halogens is 3. The first-order chi connectivity index (χ1) is 14.8. The Bertz CT molecular complexity index is 1030. The lowest BCUT2D eigenvalue weighted by molar-refractivity contribution is -0.137. The lowest BCUT2D eigenvalue weighted by atomic mass is 9.95. The third-order valence-electron chi connectivity index (χ3n) is 5.11. The van der Waals surface area contributed by atoms with E-state index in [2.05, 4.69) is 16.9 Å². The molecular formula is C25H23F3N2O. The van der Waals surface area contributed by atoms with Crippen molar-refractivity contribution in [2.75, 3.05) is 0 Å². The molecule has 3 aromatic rings. The highest BCUT2D eigenvalue weighted by molar-refractivity contribution is 5.84. The number of amides is 1. The zero-order valence-corrected chi connectivity index (χ0v) is 17.1. The highest BCUT2D eigenvalue weighted by atomic mass is 19.4. The number of pyridine rings is 1. The van der Waals surface area contributed by atoms with Crippen LogP contribution in [0, 0.1) is 0 Å². The highest BCUT2D eigenvalue weighted by Gasteiger charge is 2.31. The van der Waals surface area contributed by atoms with Crippen LogP contribution in [-0.4, -0.2) is 10.9 Å². The van der Waals surface area contributed by atoms with Gasteiger partial charge in [-0.25, -0.2) is 0 Å². The van der Waals surface area contributed by atoms with Gasteiger partial charge in [0.1, 0.15) is 0 Å². The van der Waals surface area contributed by atoms with Crippen molar-refractivity contribution in [1.82, 2.24) is 10.3 Å². The molecule has 0 bridgehead atoms. The van der Waals surface area contributed by atoms with Gasteiger partial charge in [0.2, 0.25) is 5.91 Å². The molecule has 1 amide bonds. The Hall–Kier alpha value is -3.41. The number of alkyl halides is 3. The molecule has 2 atom stereocenters. The number of nitrogens with zero attached hydrogens (tertiary/aromatic N) is 1. The number of carbonyl (C=O) groups is 1. The summed E-state index contributed by atoms with van der Waals surface area (Å²) in [5.74, 6) is -0.684. The third kappa shape index (κ3) is 5.40. The average molecular weight is 424 g/mol. The number of carbonyl (C=O) groups excluding carboxylic acids is 1. The molecule has 0 fully saturated rings. The lowest BCUT2D eigenvalue weighted by Gasteiger charge is -2.23. The van der Waals surface area contributed by atoms with Crippen LogP contribution in [0.3, 0.4) is 0 Å². The van der Waals surface area contributed by atoms with Crippen LogP contribution in [0.2, 0.25) is 0 Å². The first-order valence-electron chi connectivity index (χ1n) is 9.88. The van der Waals surface area contributed by atoms with Gasteiger partial charge in [-0.2, -0.15) is 13.2 Å². The van der Waals surface area contributed by atoms with Gasteiger partial charge in [0.15, 0.2) is 0 Å². The summed E-state index contributed by atoms with van der Waals surface area (Å²) in [5, 5.41) is 2.99. The van der Waals surface area contributed by atoms with Crippen LogP contribution in [0.1, 0.15) is 46.8 Å². The number of benzene rings is 2. The smallest absolute Gasteiger partial charge is 0.343 e. The third-order valence-corrected chi connectivity index (χ3v) is 5.11. The molecule has 6 heteroatoms. The van der Waals surface area contributed by atoms with E-state index in [0.29, 0.717) is 17.7 Å². The monoisotopic (exact) mass is 424 g/mol. The van der Waals surface area contributed by atoms with Crippen molar-refractivity contribution in [2.45, 2.75) is 31.5 Å². The Morgan fingerprint density at radius 1 is 1.03 bits per heavy atom. The molecule has 0 aliphatic heterocycles. The molecular weight excluding hydrogens is 401 g/mol. The molecule has 0 radical (unpaired) electrons. The summed E-state index contributed by atoms with van der Waals surface area (Å²) < 4.78 is 39.1. The number of hydrogen-bond donors (Lipinski definition) is 1. The lowest BCUT2D eigenvalue weighted by Crippen LogP contribution is -2.33. The van der Waals surface area contributed by atoms with Gasteiger partial charge >= 0.3 is 6.18 Å². The molecule has 0 aliphatic rings. The number of nitrogens with one attached hydrogen (secondary N) is 1. The Morgan fingerprint density at radius 3 is 2.32 bits per heavy atom. The average Bonchev–Trinajstić information content (AvgIpc) is 2.78. The predicted octanol–water partition coefficient (Wildman–Crippen LogP) is 5.84. The van der Waals surface area contributed by atoms with Crippen LogP contribution in [-0.2, 0) is 17.4 Å². The number of hydrogen-bond acceptors (Lipinski definition) is 2. The molecule has 3 rings (SSSR count). The van der Waals surface area contributed by atoms with Crippen molar-refractivity contribution in [3.63, 3.8) is 0 Å². The van der Waals surface area contributed by atoms with Gasteiger partial charge < -0.3 is 5.32 Å². The zero-order chi connectivity index (χ0) is 22.4. The number of aromatic nitrogens is 1. The fourth-order valence-electron chi connectivity index (χ4n) is 3.37. The largest absolute Gasteiger partial charge is 0.416 e. The molecule has 0 saturated carbocycles. The van der Waals surface area contributed by atoms with E-state index in [4.69, 9.17) is 0 Å². The molecule has 31 heavy (non-hydrogen) atoms. The number of rotatable bonds is 7. The molecule has 0 saturated heterocycles. The van der Waals surface area contributed by atoms with Crippen molar-refractivity contribution < 1.29 is 18.0 Å². The summed E-state index contributed by atoms with van der Waals surface area (Å²) in [6.45, 7) is 5.55. The minimum atomic E-state index is -4.43. The predicted molar refractivity (Wildman–Crippen MR) is 114 cm³/mol. The summed E-state index contributed by atoms with van der Waals surface area (Å²) in [4.78, 5) is 17.5. The van der Waals surface area contributed by atoms with E-state index < -0.39 is 23.7 Å². The Morgan fingerprint density at radius 2 is 1.71 bits per heavy atom. The second-order valence-electron chi connectivity index (χ2n) is 7.23. The maximum Gasteiger partial charge on any atom is 0.416 e. The molecule has 0 spiro atoms. The summed E-state index contributed by atoms with van der Waals surface area (Å²) in [7, 11) is 0. The first-order valence-corrected chi connectivity index (χ1v) is 9.88. The van der Waals surface area contributed by atoms with Gasteiger partial charge in [-0.15, -0.1) is 6.58 Å². The van der Waals surface area contributed by atoms with Crippen molar-refractivity contribution in [1.29, 1.82) is 0 Å². The van der Waals surface area contributed by atoms with Crippen molar-refractivity contribution in [3.8, 4) is 0 Å². The summed E-state index contributed by atoms with van der Waals surface area (Å²) in [6.07, 6.45) is -0.590. The van der Waals surface area contributed by atoms with E-state index >= 15 is 0 Å². The molecule has 2 aromatic carbocycles. The van der Waals surface area contributed by atoms with E-state index in [1.807, 2.05) is 36.4 Å². The van der Waals surface area contributed by atoms with Gasteiger partial charge in [0.05, 0.1) is 23.2 Å². The topological polar surface area (TPSA) is 42.0 Å². The standard InChI is InChI=1S/C25H23F3N2O/c1-3-8-19-11-7-16-29-22(19)23(20-12-14-21(15-13-20)25(26,27)28)30-24(31)17(2)18-9-5-4-6-10-18/h3-7,9-17,23H,1,8H2,2H3,(H,30,31)/t17?,23-/m0/s1. The van der Waals surface area contributed by atoms with E-state index in [1.54, 1.807) is 25.3 Å². The number of allylic oxidation sites excluding steroid dienone is 1. The van der Waals surface area contributed by atoms with Crippen molar-refractivity contribution in [3.05, 3.63) is 114 Å². The van der Waals surface area contributed by atoms with Gasteiger partial charge in [-0.05, 0) is 48.2 Å². The van der Waals surface area contributed by atoms with Crippen molar-refractivity contribution >= 4 is 5.91 Å². The maximum absolute atomic E-state index is 13.1. The fourth-order valence-corrected chi connectivity index (χ4v) is 3.37. The van der Waals surface area contributed by atoms with Crippen molar-refractivity contribution in [2.24, 2.45) is 0 Å². The van der Waals surface area contributed by atoms with Gasteiger partial charge in [-0.1, -0.05) is 54.6 Å². The molecule has 1 N–H and O–H groups in total. The van der Waals surface area contributed by atoms with Crippen LogP contribution in [0.15, 0.2) is 85.6 Å². The van der Waals surface area contributed by atoms with E-state index in [9.17, 15) is 18.0 Å². The van der Waals surface area contributed by atoms with Crippen LogP contribution < -0.4 is 5.32 Å². The molecule has 1 heterocycles. The summed E-state index contributed by atoms with van der Waals surface area (Å²) >= 11 is 0. The molecule has 1 unspecified atom stereocenters. The second kappa shape index (κ2) is 9.60. The summed E-state index contributed by atoms with van der Waals surface area (Å²) in [6, 6.07) is 17.1. The van der Waals surface area contributed by atoms with Crippen LogP contribution in [0.4, 0.5) is 13.2 Å². The molecule has 3 nitrogen and oxygen atoms in total. The Kier molecular flexibility index (Phi) is 6.90. The van der Waals surface area contributed by atoms with E-state index in [-0.39, 0.29) is 5.91 Å². The van der Waals surface area contributed by atoms with Crippen LogP contribution >= 0.6 is 0 Å². The molecule has 160 valence electrons. The summed E-state index contributed by atoms with van der Waals surface area (Å²) in [5.41, 5.74) is 2.04. The fraction of sp³-hybridized carbons (Fsp3) is 0.200. The van der Waals surface area contributed by atoms with Gasteiger partial charge in [-0.3, -0.25) is 9.78 Å². The minimum absolute atomic E-state index is 0.244. The second-order valence-corrected chi connectivity index (χ2v) is 7.23. The van der Waals surface area contributed by atoms with E-state index in [0.717, 1.165) is 23.3 Å². The Balaban J connectivity index is 1.99. The van der Waals surface area contributed by atoms with Crippen LogP contribution in [0.5, 0.6) is 0 Å². The minimum Gasteiger partial charge on any atom is -0.343 e. The normalized spacial score (nSPS) is 13.3. The van der Waals surface area contributed by atoms with Gasteiger partial charge in [0, 0.05) is 6.20 Å². The quantitative estimate of drug-likeness (QED) is 0.484. The molecule has 0 aliphatic carbocycles. The maximum atomic E-state index is 13.1. The zero-order valence-electron chi connectivity index (χ0n) is 17.1. The highest BCUT2D eigenvalue weighted by Crippen LogP contribution is 2.32. The SMILES string of the molecule is C=CCc1cccnc1[C@@H](NC(=O)C(C)c1ccccc1)c1ccc(C(F)(F)F)cc1.